The van der Waals surface area contributed by atoms with E-state index in [2.05, 4.69) is 4.90 Å². The molecule has 0 atom stereocenters. The maximum Gasteiger partial charge on any atom is 0.303 e. The summed E-state index contributed by atoms with van der Waals surface area (Å²) < 4.78 is 0. The van der Waals surface area contributed by atoms with Gasteiger partial charge in [-0.25, -0.2) is 0 Å². The fourth-order valence-corrected chi connectivity index (χ4v) is 2.45. The quantitative estimate of drug-likeness (QED) is 0.846. The molecule has 2 rings (SSSR count). The zero-order chi connectivity index (χ0) is 15.2. The third-order valence-electron chi connectivity index (χ3n) is 3.66. The number of para-hydroxylation sites is 1. The van der Waals surface area contributed by atoms with Gasteiger partial charge in [-0.1, -0.05) is 12.1 Å². The number of carboxylic acids is 1. The van der Waals surface area contributed by atoms with Crippen molar-refractivity contribution in [2.45, 2.75) is 12.8 Å². The van der Waals surface area contributed by atoms with Crippen molar-refractivity contribution >= 4 is 11.9 Å². The summed E-state index contributed by atoms with van der Waals surface area (Å²) in [6.07, 6.45) is 0.805. The van der Waals surface area contributed by atoms with E-state index in [-0.39, 0.29) is 18.1 Å². The van der Waals surface area contributed by atoms with E-state index in [1.807, 2.05) is 0 Å². The summed E-state index contributed by atoms with van der Waals surface area (Å²) in [5.41, 5.74) is 0.330. The van der Waals surface area contributed by atoms with Gasteiger partial charge in [0.2, 0.25) is 0 Å². The number of amides is 1. The number of carbonyl (C=O) groups excluding carboxylic acids is 1. The Kier molecular flexibility index (Phi) is 5.16. The summed E-state index contributed by atoms with van der Waals surface area (Å²) in [6.45, 7) is 3.41. The SMILES string of the molecule is O=C(O)CCCN1CCN(C(=O)c2ccccc2O)CC1. The summed E-state index contributed by atoms with van der Waals surface area (Å²) in [4.78, 5) is 26.7. The van der Waals surface area contributed by atoms with Crippen LogP contribution in [0, 0.1) is 0 Å². The molecule has 0 unspecified atom stereocenters. The van der Waals surface area contributed by atoms with E-state index < -0.39 is 5.97 Å². The van der Waals surface area contributed by atoms with Crippen molar-refractivity contribution in [1.82, 2.24) is 9.80 Å². The van der Waals surface area contributed by atoms with Crippen LogP contribution in [-0.4, -0.2) is 64.6 Å². The van der Waals surface area contributed by atoms with Crippen LogP contribution >= 0.6 is 0 Å². The third-order valence-corrected chi connectivity index (χ3v) is 3.66. The van der Waals surface area contributed by atoms with Gasteiger partial charge in [0.05, 0.1) is 5.56 Å². The van der Waals surface area contributed by atoms with E-state index in [0.29, 0.717) is 25.1 Å². The standard InChI is InChI=1S/C15H20N2O4/c18-13-5-2-1-4-12(13)15(21)17-10-8-16(9-11-17)7-3-6-14(19)20/h1-2,4-5,18H,3,6-11H2,(H,19,20). The van der Waals surface area contributed by atoms with E-state index in [1.165, 1.54) is 6.07 Å². The van der Waals surface area contributed by atoms with Gasteiger partial charge >= 0.3 is 5.97 Å². The number of nitrogens with zero attached hydrogens (tertiary/aromatic N) is 2. The van der Waals surface area contributed by atoms with Gasteiger partial charge in [0.1, 0.15) is 5.75 Å². The van der Waals surface area contributed by atoms with Crippen LogP contribution in [0.3, 0.4) is 0 Å². The fraction of sp³-hybridized carbons (Fsp3) is 0.467. The Labute approximate surface area is 123 Å². The highest BCUT2D eigenvalue weighted by Gasteiger charge is 2.23. The maximum atomic E-state index is 12.3. The van der Waals surface area contributed by atoms with Crippen LogP contribution in [0.1, 0.15) is 23.2 Å². The molecule has 1 aliphatic rings. The molecule has 1 aliphatic heterocycles. The van der Waals surface area contributed by atoms with Crippen LogP contribution in [0.2, 0.25) is 0 Å². The lowest BCUT2D eigenvalue weighted by Crippen LogP contribution is -2.48. The normalized spacial score (nSPS) is 15.9. The van der Waals surface area contributed by atoms with E-state index >= 15 is 0 Å². The summed E-state index contributed by atoms with van der Waals surface area (Å²) in [5, 5.41) is 18.3. The molecule has 0 radical (unpaired) electrons. The Morgan fingerprint density at radius 1 is 1.10 bits per heavy atom. The second-order valence-electron chi connectivity index (χ2n) is 5.15. The van der Waals surface area contributed by atoms with E-state index in [9.17, 15) is 14.7 Å². The van der Waals surface area contributed by atoms with E-state index in [4.69, 9.17) is 5.11 Å². The first-order chi connectivity index (χ1) is 10.1. The second kappa shape index (κ2) is 7.08. The number of hydrogen-bond acceptors (Lipinski definition) is 4. The number of rotatable bonds is 5. The van der Waals surface area contributed by atoms with Crippen LogP contribution < -0.4 is 0 Å². The molecular formula is C15H20N2O4. The Bertz CT molecular complexity index is 510. The number of hydrogen-bond donors (Lipinski definition) is 2. The number of phenols is 1. The predicted molar refractivity (Wildman–Crippen MR) is 77.3 cm³/mol. The van der Waals surface area contributed by atoms with Crippen molar-refractivity contribution in [2.75, 3.05) is 32.7 Å². The van der Waals surface area contributed by atoms with Crippen molar-refractivity contribution in [1.29, 1.82) is 0 Å². The molecule has 0 aromatic heterocycles. The smallest absolute Gasteiger partial charge is 0.303 e. The highest BCUT2D eigenvalue weighted by Crippen LogP contribution is 2.18. The number of benzene rings is 1. The predicted octanol–water partition coefficient (Wildman–Crippen LogP) is 1.01. The summed E-state index contributed by atoms with van der Waals surface area (Å²) in [6, 6.07) is 6.55. The highest BCUT2D eigenvalue weighted by molar-refractivity contribution is 5.96. The molecule has 6 heteroatoms. The highest BCUT2D eigenvalue weighted by atomic mass is 16.4. The molecule has 6 nitrogen and oxygen atoms in total. The summed E-state index contributed by atoms with van der Waals surface area (Å²) in [7, 11) is 0. The average Bonchev–Trinajstić information content (AvgIpc) is 2.47. The van der Waals surface area contributed by atoms with Crippen molar-refractivity contribution < 1.29 is 19.8 Å². The Balaban J connectivity index is 1.82. The largest absolute Gasteiger partial charge is 0.507 e. The number of aromatic hydroxyl groups is 1. The molecule has 2 N–H and O–H groups in total. The number of piperazine rings is 1. The van der Waals surface area contributed by atoms with Gasteiger partial charge in [0.15, 0.2) is 0 Å². The van der Waals surface area contributed by atoms with Crippen LogP contribution in [-0.2, 0) is 4.79 Å². The van der Waals surface area contributed by atoms with Gasteiger partial charge in [0.25, 0.3) is 5.91 Å². The third kappa shape index (κ3) is 4.19. The fourth-order valence-electron chi connectivity index (χ4n) is 2.45. The van der Waals surface area contributed by atoms with Crippen LogP contribution in [0.4, 0.5) is 0 Å². The lowest BCUT2D eigenvalue weighted by molar-refractivity contribution is -0.137. The van der Waals surface area contributed by atoms with E-state index in [0.717, 1.165) is 19.6 Å². The number of carbonyl (C=O) groups is 2. The zero-order valence-electron chi connectivity index (χ0n) is 11.9. The minimum atomic E-state index is -0.775. The van der Waals surface area contributed by atoms with Gasteiger partial charge in [-0.05, 0) is 25.1 Å². The molecule has 1 aromatic carbocycles. The zero-order valence-corrected chi connectivity index (χ0v) is 11.9. The first-order valence-corrected chi connectivity index (χ1v) is 7.09. The summed E-state index contributed by atoms with van der Waals surface area (Å²) >= 11 is 0. The van der Waals surface area contributed by atoms with Crippen molar-refractivity contribution in [3.63, 3.8) is 0 Å². The molecule has 1 heterocycles. The molecule has 1 amide bonds. The molecular weight excluding hydrogens is 272 g/mol. The Morgan fingerprint density at radius 2 is 1.76 bits per heavy atom. The molecule has 0 aliphatic carbocycles. The number of aliphatic carboxylic acids is 1. The number of carboxylic acid groups (broad SMARTS) is 1. The second-order valence-corrected chi connectivity index (χ2v) is 5.15. The van der Waals surface area contributed by atoms with Crippen LogP contribution in [0.15, 0.2) is 24.3 Å². The van der Waals surface area contributed by atoms with Crippen LogP contribution in [0.5, 0.6) is 5.75 Å². The Hall–Kier alpha value is -2.08. The molecule has 1 saturated heterocycles. The summed E-state index contributed by atoms with van der Waals surface area (Å²) in [5.74, 6) is -0.923. The van der Waals surface area contributed by atoms with Gasteiger partial charge in [-0.15, -0.1) is 0 Å². The monoisotopic (exact) mass is 292 g/mol. The van der Waals surface area contributed by atoms with Crippen molar-refractivity contribution in [2.24, 2.45) is 0 Å². The lowest BCUT2D eigenvalue weighted by Gasteiger charge is -2.34. The average molecular weight is 292 g/mol. The van der Waals surface area contributed by atoms with Gasteiger partial charge in [-0.2, -0.15) is 0 Å². The van der Waals surface area contributed by atoms with E-state index in [1.54, 1.807) is 23.1 Å². The topological polar surface area (TPSA) is 81.1 Å². The van der Waals surface area contributed by atoms with Crippen molar-refractivity contribution in [3.05, 3.63) is 29.8 Å². The molecule has 21 heavy (non-hydrogen) atoms. The lowest BCUT2D eigenvalue weighted by atomic mass is 10.1. The molecule has 0 saturated carbocycles. The molecule has 1 aromatic rings. The van der Waals surface area contributed by atoms with Crippen molar-refractivity contribution in [3.8, 4) is 5.75 Å². The van der Waals surface area contributed by atoms with Crippen LogP contribution in [0.25, 0.3) is 0 Å². The molecule has 114 valence electrons. The van der Waals surface area contributed by atoms with Gasteiger partial charge in [0, 0.05) is 32.6 Å². The van der Waals surface area contributed by atoms with Gasteiger partial charge < -0.3 is 15.1 Å². The minimum Gasteiger partial charge on any atom is -0.507 e. The maximum absolute atomic E-state index is 12.3. The minimum absolute atomic E-state index is 0.00591. The molecule has 1 fully saturated rings. The Morgan fingerprint density at radius 3 is 2.38 bits per heavy atom. The number of phenolic OH excluding ortho intramolecular Hbond substituents is 1. The molecule has 0 spiro atoms. The first kappa shape index (κ1) is 15.3. The first-order valence-electron chi connectivity index (χ1n) is 7.09. The molecule has 0 bridgehead atoms. The van der Waals surface area contributed by atoms with Gasteiger partial charge in [-0.3, -0.25) is 14.5 Å².